The molecule has 4 amide bonds. The van der Waals surface area contributed by atoms with Gasteiger partial charge in [0.1, 0.15) is 5.75 Å². The number of aromatic carboxylic acids is 1. The third-order valence-corrected chi connectivity index (χ3v) is 10.6. The van der Waals surface area contributed by atoms with Crippen molar-refractivity contribution in [3.8, 4) is 5.75 Å². The molecule has 40 heavy (non-hydrogen) atoms. The number of likely N-dealkylation sites (tertiary alicyclic amines) is 1. The fraction of sp³-hybridized carbons (Fsp3) is 0.321. The zero-order valence-corrected chi connectivity index (χ0v) is 23.9. The smallest absolute Gasteiger partial charge is 0.335 e. The van der Waals surface area contributed by atoms with E-state index >= 15 is 0 Å². The number of amides is 4. The minimum absolute atomic E-state index is 0.0839. The maximum atomic E-state index is 14.0. The van der Waals surface area contributed by atoms with Gasteiger partial charge in [-0.1, -0.05) is 33.6 Å². The average molecular weight is 648 g/mol. The Morgan fingerprint density at radius 3 is 2.45 bits per heavy atom. The van der Waals surface area contributed by atoms with Crippen molar-refractivity contribution in [1.29, 1.82) is 0 Å². The number of rotatable bonds is 3. The SMILES string of the molecule is CN1C(=O)[C@]2(Cl)C[C@@H]3C(=CC[C@@H]4C(=O)N(c5cccc(C(=O)O)c5)C(=O)[C@@H]43)[C@H](c3cc(Br)ccc3O)[C@]2(Cl)C1=O. The number of hydrogen-bond acceptors (Lipinski definition) is 6. The summed E-state index contributed by atoms with van der Waals surface area (Å²) in [6, 6.07) is 10.2. The van der Waals surface area contributed by atoms with E-state index in [1.54, 1.807) is 18.2 Å². The number of carbonyl (C=O) groups excluding carboxylic acids is 4. The van der Waals surface area contributed by atoms with Crippen LogP contribution < -0.4 is 4.90 Å². The second-order valence-corrected chi connectivity index (χ2v) is 12.7. The van der Waals surface area contributed by atoms with Crippen molar-refractivity contribution in [2.45, 2.75) is 28.5 Å². The van der Waals surface area contributed by atoms with E-state index in [2.05, 4.69) is 15.9 Å². The number of phenols is 1. The number of hydrogen-bond donors (Lipinski definition) is 2. The van der Waals surface area contributed by atoms with Crippen LogP contribution in [0.3, 0.4) is 0 Å². The Morgan fingerprint density at radius 1 is 1.02 bits per heavy atom. The van der Waals surface area contributed by atoms with Crippen LogP contribution in [-0.2, 0) is 19.2 Å². The summed E-state index contributed by atoms with van der Waals surface area (Å²) in [7, 11) is 1.29. The minimum Gasteiger partial charge on any atom is -0.508 e. The lowest BCUT2D eigenvalue weighted by Gasteiger charge is -2.50. The van der Waals surface area contributed by atoms with Crippen LogP contribution in [0.1, 0.15) is 34.7 Å². The van der Waals surface area contributed by atoms with Gasteiger partial charge in [-0.3, -0.25) is 29.0 Å². The number of phenolic OH excluding ortho intramolecular Hbond substituents is 1. The van der Waals surface area contributed by atoms with E-state index in [4.69, 9.17) is 23.2 Å². The van der Waals surface area contributed by atoms with E-state index in [0.717, 1.165) is 9.80 Å². The number of allylic oxidation sites excluding steroid dienone is 2. The Hall–Kier alpha value is -3.21. The Morgan fingerprint density at radius 2 is 1.75 bits per heavy atom. The molecule has 2 aliphatic heterocycles. The van der Waals surface area contributed by atoms with E-state index < -0.39 is 63.0 Å². The molecule has 2 saturated heterocycles. The first-order valence-corrected chi connectivity index (χ1v) is 14.0. The minimum atomic E-state index is -2.00. The highest BCUT2D eigenvalue weighted by Gasteiger charge is 2.76. The predicted molar refractivity (Wildman–Crippen MR) is 147 cm³/mol. The number of imide groups is 2. The highest BCUT2D eigenvalue weighted by molar-refractivity contribution is 9.10. The molecule has 12 heteroatoms. The standard InChI is InChI=1S/C28H21BrCl2N2O7/c1-32-25(39)27(30)11-18-15(21(28(27,31)26(32)40)17-10-13(29)5-8-19(17)34)6-7-16-20(18)23(36)33(22(16)35)14-4-2-3-12(9-14)24(37)38/h2-6,8-10,16,18,20-21,34H,7,11H2,1H3,(H,37,38)/t16-,18+,20-,21+,27+,28-/m0/s1. The second-order valence-electron chi connectivity index (χ2n) is 10.6. The monoisotopic (exact) mass is 646 g/mol. The van der Waals surface area contributed by atoms with E-state index in [9.17, 15) is 34.2 Å². The quantitative estimate of drug-likeness (QED) is 0.292. The van der Waals surface area contributed by atoms with Crippen LogP contribution in [0.4, 0.5) is 5.69 Å². The second kappa shape index (κ2) is 8.89. The Kier molecular flexibility index (Phi) is 6.00. The number of fused-ring (bicyclic) bond motifs is 4. The van der Waals surface area contributed by atoms with Crippen LogP contribution >= 0.6 is 39.1 Å². The van der Waals surface area contributed by atoms with Crippen molar-refractivity contribution >= 4 is 74.4 Å². The van der Waals surface area contributed by atoms with Crippen LogP contribution in [0.25, 0.3) is 0 Å². The molecule has 0 aromatic heterocycles. The average Bonchev–Trinajstić information content (AvgIpc) is 3.25. The Labute approximate surface area is 246 Å². The molecule has 3 fully saturated rings. The van der Waals surface area contributed by atoms with Gasteiger partial charge in [-0.2, -0.15) is 0 Å². The zero-order chi connectivity index (χ0) is 28.9. The highest BCUT2D eigenvalue weighted by Crippen LogP contribution is 2.66. The largest absolute Gasteiger partial charge is 0.508 e. The fourth-order valence-corrected chi connectivity index (χ4v) is 8.27. The van der Waals surface area contributed by atoms with Gasteiger partial charge in [0.15, 0.2) is 9.75 Å². The van der Waals surface area contributed by atoms with E-state index in [0.29, 0.717) is 10.0 Å². The first-order valence-electron chi connectivity index (χ1n) is 12.4. The van der Waals surface area contributed by atoms with Crippen LogP contribution in [0, 0.1) is 17.8 Å². The lowest BCUT2D eigenvalue weighted by molar-refractivity contribution is -0.138. The molecular formula is C28H21BrCl2N2O7. The van der Waals surface area contributed by atoms with Crippen molar-refractivity contribution in [2.24, 2.45) is 17.8 Å². The summed E-state index contributed by atoms with van der Waals surface area (Å²) in [5.74, 6) is -7.46. The summed E-state index contributed by atoms with van der Waals surface area (Å²) in [5, 5.41) is 20.3. The number of carboxylic acids is 1. The van der Waals surface area contributed by atoms with E-state index in [1.165, 1.54) is 37.4 Å². The fourth-order valence-electron chi connectivity index (χ4n) is 6.88. The maximum absolute atomic E-state index is 14.0. The van der Waals surface area contributed by atoms with Gasteiger partial charge < -0.3 is 10.2 Å². The number of halogens is 3. The van der Waals surface area contributed by atoms with Crippen molar-refractivity contribution < 1.29 is 34.2 Å². The Bertz CT molecular complexity index is 1590. The molecular weight excluding hydrogens is 627 g/mol. The molecule has 6 rings (SSSR count). The van der Waals surface area contributed by atoms with Gasteiger partial charge in [-0.25, -0.2) is 4.79 Å². The van der Waals surface area contributed by atoms with Gasteiger partial charge in [0.2, 0.25) is 11.8 Å². The molecule has 2 N–H and O–H groups in total. The number of carboxylic acid groups (broad SMARTS) is 1. The molecule has 9 nitrogen and oxygen atoms in total. The number of aromatic hydroxyl groups is 1. The van der Waals surface area contributed by atoms with E-state index in [-0.39, 0.29) is 35.4 Å². The third kappa shape index (κ3) is 3.36. The summed E-state index contributed by atoms with van der Waals surface area (Å²) >= 11 is 17.6. The van der Waals surface area contributed by atoms with Crippen molar-refractivity contribution in [2.75, 3.05) is 11.9 Å². The first-order chi connectivity index (χ1) is 18.8. The summed E-state index contributed by atoms with van der Waals surface area (Å²) in [6.07, 6.45) is 1.71. The third-order valence-electron chi connectivity index (χ3n) is 8.67. The number of alkyl halides is 2. The summed E-state index contributed by atoms with van der Waals surface area (Å²) < 4.78 is 0.582. The zero-order valence-electron chi connectivity index (χ0n) is 20.8. The molecule has 0 unspecified atom stereocenters. The topological polar surface area (TPSA) is 132 Å². The number of carbonyl (C=O) groups is 5. The van der Waals surface area contributed by atoms with Crippen LogP contribution in [-0.4, -0.2) is 61.5 Å². The summed E-state index contributed by atoms with van der Waals surface area (Å²) in [5.41, 5.74) is 0.837. The molecule has 4 aliphatic rings. The van der Waals surface area contributed by atoms with Crippen molar-refractivity contribution in [1.82, 2.24) is 4.90 Å². The molecule has 2 heterocycles. The molecule has 2 aliphatic carbocycles. The molecule has 6 atom stereocenters. The molecule has 0 radical (unpaired) electrons. The molecule has 2 aromatic rings. The van der Waals surface area contributed by atoms with Gasteiger partial charge in [0.25, 0.3) is 11.8 Å². The number of anilines is 1. The predicted octanol–water partition coefficient (Wildman–Crippen LogP) is 4.05. The van der Waals surface area contributed by atoms with Crippen molar-refractivity contribution in [3.05, 3.63) is 69.7 Å². The van der Waals surface area contributed by atoms with Gasteiger partial charge in [0, 0.05) is 23.0 Å². The van der Waals surface area contributed by atoms with Crippen LogP contribution in [0.15, 0.2) is 58.6 Å². The van der Waals surface area contributed by atoms with Gasteiger partial charge in [0.05, 0.1) is 23.1 Å². The van der Waals surface area contributed by atoms with Crippen molar-refractivity contribution in [3.63, 3.8) is 0 Å². The normalized spacial score (nSPS) is 33.0. The van der Waals surface area contributed by atoms with Crippen LogP contribution in [0.5, 0.6) is 5.75 Å². The molecule has 0 bridgehead atoms. The van der Waals surface area contributed by atoms with Crippen LogP contribution in [0.2, 0.25) is 0 Å². The highest BCUT2D eigenvalue weighted by atomic mass is 79.9. The summed E-state index contributed by atoms with van der Waals surface area (Å²) in [6.45, 7) is 0. The number of benzene rings is 2. The summed E-state index contributed by atoms with van der Waals surface area (Å²) in [4.78, 5) is 64.1. The molecule has 2 aromatic carbocycles. The lowest BCUT2D eigenvalue weighted by Crippen LogP contribution is -2.60. The number of nitrogens with zero attached hydrogens (tertiary/aromatic N) is 2. The lowest BCUT2D eigenvalue weighted by atomic mass is 9.56. The van der Waals surface area contributed by atoms with Gasteiger partial charge >= 0.3 is 5.97 Å². The Balaban J connectivity index is 1.52. The van der Waals surface area contributed by atoms with Gasteiger partial charge in [-0.15, -0.1) is 23.2 Å². The maximum Gasteiger partial charge on any atom is 0.335 e. The first kappa shape index (κ1) is 27.0. The molecule has 1 saturated carbocycles. The van der Waals surface area contributed by atoms with E-state index in [1.807, 2.05) is 0 Å². The molecule has 206 valence electrons. The van der Waals surface area contributed by atoms with Gasteiger partial charge in [-0.05, 0) is 55.2 Å². The molecule has 0 spiro atoms.